The molecular formula is C21H21NO. The van der Waals surface area contributed by atoms with Crippen LogP contribution in [0.3, 0.4) is 0 Å². The first kappa shape index (κ1) is 16.5. The molecule has 0 aliphatic carbocycles. The third-order valence-corrected chi connectivity index (χ3v) is 3.90. The van der Waals surface area contributed by atoms with Crippen LogP contribution in [0.4, 0.5) is 0 Å². The molecule has 2 heteroatoms. The van der Waals surface area contributed by atoms with Gasteiger partial charge in [-0.3, -0.25) is 4.79 Å². The molecule has 2 N–H and O–H groups in total. The summed E-state index contributed by atoms with van der Waals surface area (Å²) in [5.41, 5.74) is 7.27. The molecule has 2 rings (SSSR count). The SMILES string of the molecule is C=C/C(=C\C=C/C)C(C(N)=O)(c1ccccc1)c1ccccc1. The van der Waals surface area contributed by atoms with E-state index in [0.717, 1.165) is 16.7 Å². The van der Waals surface area contributed by atoms with Crippen LogP contribution < -0.4 is 5.73 Å². The maximum atomic E-state index is 12.7. The molecule has 1 amide bonds. The molecule has 0 aromatic heterocycles. The highest BCUT2D eigenvalue weighted by Crippen LogP contribution is 2.39. The van der Waals surface area contributed by atoms with Crippen molar-refractivity contribution in [2.75, 3.05) is 0 Å². The van der Waals surface area contributed by atoms with E-state index in [4.69, 9.17) is 5.73 Å². The standard InChI is InChI=1S/C21H21NO/c1-3-5-12-17(4-2)21(20(22)23,18-13-8-6-9-14-18)19-15-10-7-11-16-19/h3-16H,2H2,1H3,(H2,22,23)/b5-3-,17-12+. The monoisotopic (exact) mass is 303 g/mol. The Kier molecular flexibility index (Phi) is 5.32. The Morgan fingerprint density at radius 3 is 1.83 bits per heavy atom. The molecular weight excluding hydrogens is 282 g/mol. The molecule has 0 spiro atoms. The van der Waals surface area contributed by atoms with E-state index in [1.54, 1.807) is 6.08 Å². The zero-order chi connectivity index (χ0) is 16.7. The summed E-state index contributed by atoms with van der Waals surface area (Å²) in [5, 5.41) is 0. The highest BCUT2D eigenvalue weighted by atomic mass is 16.1. The van der Waals surface area contributed by atoms with Crippen molar-refractivity contribution in [3.63, 3.8) is 0 Å². The maximum Gasteiger partial charge on any atom is 0.237 e. The molecule has 0 fully saturated rings. The van der Waals surface area contributed by atoms with Crippen molar-refractivity contribution < 1.29 is 4.79 Å². The molecule has 0 unspecified atom stereocenters. The van der Waals surface area contributed by atoms with E-state index in [-0.39, 0.29) is 0 Å². The van der Waals surface area contributed by atoms with Gasteiger partial charge in [0.2, 0.25) is 5.91 Å². The fourth-order valence-corrected chi connectivity index (χ4v) is 2.85. The number of rotatable bonds is 6. The van der Waals surface area contributed by atoms with Gasteiger partial charge in [0.05, 0.1) is 0 Å². The van der Waals surface area contributed by atoms with Gasteiger partial charge in [-0.1, -0.05) is 91.5 Å². The van der Waals surface area contributed by atoms with Crippen LogP contribution in [0, 0.1) is 0 Å². The van der Waals surface area contributed by atoms with E-state index < -0.39 is 11.3 Å². The molecule has 0 bridgehead atoms. The highest BCUT2D eigenvalue weighted by Gasteiger charge is 2.42. The van der Waals surface area contributed by atoms with Gasteiger partial charge in [0, 0.05) is 0 Å². The minimum absolute atomic E-state index is 0.425. The summed E-state index contributed by atoms with van der Waals surface area (Å²) in [6, 6.07) is 19.2. The molecule has 0 radical (unpaired) electrons. The summed E-state index contributed by atoms with van der Waals surface area (Å²) in [4.78, 5) is 12.7. The molecule has 2 nitrogen and oxygen atoms in total. The predicted molar refractivity (Wildman–Crippen MR) is 96.0 cm³/mol. The second-order valence-corrected chi connectivity index (χ2v) is 5.20. The van der Waals surface area contributed by atoms with Crippen LogP contribution in [0.15, 0.2) is 97.1 Å². The number of hydrogen-bond donors (Lipinski definition) is 1. The van der Waals surface area contributed by atoms with Gasteiger partial charge in [0.25, 0.3) is 0 Å². The normalized spacial score (nSPS) is 12.3. The molecule has 0 aliphatic rings. The van der Waals surface area contributed by atoms with E-state index in [2.05, 4.69) is 6.58 Å². The molecule has 0 atom stereocenters. The number of amides is 1. The molecule has 0 saturated carbocycles. The summed E-state index contributed by atoms with van der Waals surface area (Å²) in [6.07, 6.45) is 7.38. The Hall–Kier alpha value is -2.87. The van der Waals surface area contributed by atoms with Gasteiger partial charge in [0.15, 0.2) is 0 Å². The molecule has 23 heavy (non-hydrogen) atoms. The number of carbonyl (C=O) groups is 1. The minimum atomic E-state index is -1.07. The summed E-state index contributed by atoms with van der Waals surface area (Å²) in [7, 11) is 0. The van der Waals surface area contributed by atoms with Crippen molar-refractivity contribution in [2.24, 2.45) is 5.73 Å². The molecule has 0 saturated heterocycles. The molecule has 0 aliphatic heterocycles. The lowest BCUT2D eigenvalue weighted by Gasteiger charge is -2.33. The summed E-state index contributed by atoms with van der Waals surface area (Å²) >= 11 is 0. The van der Waals surface area contributed by atoms with Crippen LogP contribution in [0.25, 0.3) is 0 Å². The van der Waals surface area contributed by atoms with Gasteiger partial charge in [-0.15, -0.1) is 0 Å². The quantitative estimate of drug-likeness (QED) is 0.801. The number of allylic oxidation sites excluding steroid dienone is 4. The third kappa shape index (κ3) is 3.02. The lowest BCUT2D eigenvalue weighted by atomic mass is 9.68. The van der Waals surface area contributed by atoms with Crippen molar-refractivity contribution in [2.45, 2.75) is 12.3 Å². The van der Waals surface area contributed by atoms with E-state index in [1.165, 1.54) is 0 Å². The third-order valence-electron chi connectivity index (χ3n) is 3.90. The average molecular weight is 303 g/mol. The second-order valence-electron chi connectivity index (χ2n) is 5.20. The van der Waals surface area contributed by atoms with Crippen LogP contribution >= 0.6 is 0 Å². The molecule has 116 valence electrons. The zero-order valence-corrected chi connectivity index (χ0v) is 13.3. The van der Waals surface area contributed by atoms with Crippen LogP contribution in [0.1, 0.15) is 18.1 Å². The van der Waals surface area contributed by atoms with Crippen molar-refractivity contribution in [3.8, 4) is 0 Å². The van der Waals surface area contributed by atoms with Crippen LogP contribution in [0.5, 0.6) is 0 Å². The van der Waals surface area contributed by atoms with E-state index >= 15 is 0 Å². The topological polar surface area (TPSA) is 43.1 Å². The van der Waals surface area contributed by atoms with Gasteiger partial charge in [-0.05, 0) is 23.6 Å². The van der Waals surface area contributed by atoms with Gasteiger partial charge in [-0.2, -0.15) is 0 Å². The van der Waals surface area contributed by atoms with Gasteiger partial charge in [-0.25, -0.2) is 0 Å². The first-order chi connectivity index (χ1) is 11.2. The smallest absolute Gasteiger partial charge is 0.237 e. The summed E-state index contributed by atoms with van der Waals surface area (Å²) in [6.45, 7) is 5.83. The number of primary amides is 1. The first-order valence-corrected chi connectivity index (χ1v) is 7.54. The zero-order valence-electron chi connectivity index (χ0n) is 13.3. The predicted octanol–water partition coefficient (Wildman–Crippen LogP) is 4.15. The maximum absolute atomic E-state index is 12.7. The van der Waals surface area contributed by atoms with Crippen LogP contribution in [-0.2, 0) is 10.2 Å². The van der Waals surface area contributed by atoms with Crippen LogP contribution in [0.2, 0.25) is 0 Å². The lowest BCUT2D eigenvalue weighted by Crippen LogP contribution is -2.43. The number of carbonyl (C=O) groups excluding carboxylic acids is 1. The number of benzene rings is 2. The number of nitrogens with two attached hydrogens (primary N) is 1. The first-order valence-electron chi connectivity index (χ1n) is 7.54. The Morgan fingerprint density at radius 2 is 1.48 bits per heavy atom. The molecule has 2 aromatic carbocycles. The van der Waals surface area contributed by atoms with Crippen molar-refractivity contribution in [1.29, 1.82) is 0 Å². The van der Waals surface area contributed by atoms with E-state index in [9.17, 15) is 4.79 Å². The van der Waals surface area contributed by atoms with Crippen LogP contribution in [-0.4, -0.2) is 5.91 Å². The van der Waals surface area contributed by atoms with Gasteiger partial charge in [0.1, 0.15) is 5.41 Å². The average Bonchev–Trinajstić information content (AvgIpc) is 2.60. The van der Waals surface area contributed by atoms with Crippen molar-refractivity contribution >= 4 is 5.91 Å². The van der Waals surface area contributed by atoms with Gasteiger partial charge < -0.3 is 5.73 Å². The largest absolute Gasteiger partial charge is 0.368 e. The molecule has 0 heterocycles. The fraction of sp³-hybridized carbons (Fsp3) is 0.0952. The van der Waals surface area contributed by atoms with E-state index in [1.807, 2.05) is 85.8 Å². The minimum Gasteiger partial charge on any atom is -0.368 e. The van der Waals surface area contributed by atoms with Gasteiger partial charge >= 0.3 is 0 Å². The summed E-state index contributed by atoms with van der Waals surface area (Å²) < 4.78 is 0. The fourth-order valence-electron chi connectivity index (χ4n) is 2.85. The second kappa shape index (κ2) is 7.41. The Labute approximate surface area is 137 Å². The number of hydrogen-bond acceptors (Lipinski definition) is 1. The Balaban J connectivity index is 2.87. The Morgan fingerprint density at radius 1 is 1.00 bits per heavy atom. The Bertz CT molecular complexity index is 687. The summed E-state index contributed by atoms with van der Waals surface area (Å²) in [5.74, 6) is -0.425. The lowest BCUT2D eigenvalue weighted by molar-refractivity contribution is -0.121. The van der Waals surface area contributed by atoms with Crippen molar-refractivity contribution in [1.82, 2.24) is 0 Å². The van der Waals surface area contributed by atoms with Crippen molar-refractivity contribution in [3.05, 3.63) is 108 Å². The van der Waals surface area contributed by atoms with E-state index in [0.29, 0.717) is 0 Å². The molecule has 2 aromatic rings. The highest BCUT2D eigenvalue weighted by molar-refractivity contribution is 5.95.